The molecule has 0 saturated heterocycles. The molecule has 0 aliphatic carbocycles. The van der Waals surface area contributed by atoms with E-state index in [9.17, 15) is 4.39 Å². The first kappa shape index (κ1) is 15.4. The van der Waals surface area contributed by atoms with Crippen molar-refractivity contribution in [1.29, 1.82) is 0 Å². The zero-order valence-electron chi connectivity index (χ0n) is 11.9. The van der Waals surface area contributed by atoms with Crippen LogP contribution in [-0.2, 0) is 6.54 Å². The minimum atomic E-state index is -0.341. The van der Waals surface area contributed by atoms with Gasteiger partial charge in [-0.3, -0.25) is 4.90 Å². The Morgan fingerprint density at radius 1 is 1.42 bits per heavy atom. The third-order valence-electron chi connectivity index (χ3n) is 3.54. The lowest BCUT2D eigenvalue weighted by molar-refractivity contribution is 0.198. The van der Waals surface area contributed by atoms with Gasteiger partial charge in [-0.2, -0.15) is 0 Å². The highest BCUT2D eigenvalue weighted by Gasteiger charge is 2.15. The lowest BCUT2D eigenvalue weighted by Crippen LogP contribution is -2.33. The Morgan fingerprint density at radius 3 is 2.53 bits per heavy atom. The molecule has 5 heteroatoms. The number of halogens is 1. The molecule has 0 bridgehead atoms. The molecule has 1 rings (SSSR count). The maximum absolute atomic E-state index is 14.0. The summed E-state index contributed by atoms with van der Waals surface area (Å²) in [7, 11) is 1.97. The summed E-state index contributed by atoms with van der Waals surface area (Å²) in [5.41, 5.74) is 6.40. The van der Waals surface area contributed by atoms with Gasteiger partial charge in [0.2, 0.25) is 0 Å². The highest BCUT2D eigenvalue weighted by Crippen LogP contribution is 2.16. The molecule has 1 aromatic rings. The van der Waals surface area contributed by atoms with E-state index in [1.807, 2.05) is 7.05 Å². The van der Waals surface area contributed by atoms with Crippen LogP contribution in [0.25, 0.3) is 0 Å². The minimum Gasteiger partial charge on any atom is -0.409 e. The lowest BCUT2D eigenvalue weighted by atomic mass is 10.0. The number of amidine groups is 1. The summed E-state index contributed by atoms with van der Waals surface area (Å²) in [6.07, 6.45) is 0. The Kier molecular flexibility index (Phi) is 5.30. The van der Waals surface area contributed by atoms with Crippen LogP contribution in [0, 0.1) is 11.7 Å². The zero-order chi connectivity index (χ0) is 14.6. The summed E-state index contributed by atoms with van der Waals surface area (Å²) in [4.78, 5) is 2.10. The summed E-state index contributed by atoms with van der Waals surface area (Å²) in [6.45, 7) is 6.92. The van der Waals surface area contributed by atoms with Gasteiger partial charge in [-0.05, 0) is 26.0 Å². The largest absolute Gasteiger partial charge is 0.409 e. The van der Waals surface area contributed by atoms with E-state index in [-0.39, 0.29) is 11.7 Å². The second-order valence-electron chi connectivity index (χ2n) is 5.19. The number of hydrogen-bond acceptors (Lipinski definition) is 3. The van der Waals surface area contributed by atoms with E-state index in [0.29, 0.717) is 29.6 Å². The quantitative estimate of drug-likeness (QED) is 0.373. The van der Waals surface area contributed by atoms with E-state index < -0.39 is 0 Å². The molecule has 0 fully saturated rings. The van der Waals surface area contributed by atoms with E-state index in [1.165, 1.54) is 6.07 Å². The summed E-state index contributed by atoms with van der Waals surface area (Å²) in [6, 6.07) is 4.98. The average Bonchev–Trinajstić information content (AvgIpc) is 2.38. The first-order valence-corrected chi connectivity index (χ1v) is 6.33. The van der Waals surface area contributed by atoms with Crippen LogP contribution >= 0.6 is 0 Å². The number of benzene rings is 1. The fourth-order valence-electron chi connectivity index (χ4n) is 1.81. The molecule has 0 radical (unpaired) electrons. The Labute approximate surface area is 113 Å². The molecular formula is C14H22FN3O. The van der Waals surface area contributed by atoms with Gasteiger partial charge in [0.05, 0.1) is 0 Å². The van der Waals surface area contributed by atoms with Crippen LogP contribution in [0.2, 0.25) is 0 Å². The first-order valence-electron chi connectivity index (χ1n) is 6.33. The monoisotopic (exact) mass is 267 g/mol. The van der Waals surface area contributed by atoms with Gasteiger partial charge >= 0.3 is 0 Å². The molecule has 19 heavy (non-hydrogen) atoms. The van der Waals surface area contributed by atoms with Gasteiger partial charge in [0.15, 0.2) is 5.84 Å². The van der Waals surface area contributed by atoms with Crippen molar-refractivity contribution in [1.82, 2.24) is 4.90 Å². The molecule has 3 N–H and O–H groups in total. The predicted octanol–water partition coefficient (Wildman–Crippen LogP) is 2.40. The standard InChI is InChI=1S/C14H22FN3O/c1-9(2)10(3)18(4)8-12-6-5-11(7-13(12)15)14(16)17-19/h5-7,9-10,19H,8H2,1-4H3,(H2,16,17). The summed E-state index contributed by atoms with van der Waals surface area (Å²) >= 11 is 0. The van der Waals surface area contributed by atoms with Crippen LogP contribution in [0.15, 0.2) is 23.4 Å². The molecule has 0 spiro atoms. The van der Waals surface area contributed by atoms with Crippen molar-refractivity contribution in [3.8, 4) is 0 Å². The lowest BCUT2D eigenvalue weighted by Gasteiger charge is -2.28. The van der Waals surface area contributed by atoms with Crippen molar-refractivity contribution in [2.75, 3.05) is 7.05 Å². The topological polar surface area (TPSA) is 61.8 Å². The van der Waals surface area contributed by atoms with Crippen LogP contribution in [0.4, 0.5) is 4.39 Å². The van der Waals surface area contributed by atoms with E-state index in [2.05, 4.69) is 30.8 Å². The fraction of sp³-hybridized carbons (Fsp3) is 0.500. The third-order valence-corrected chi connectivity index (χ3v) is 3.54. The third kappa shape index (κ3) is 3.92. The molecule has 0 amide bonds. The Hall–Kier alpha value is -1.62. The van der Waals surface area contributed by atoms with Gasteiger partial charge in [0, 0.05) is 23.7 Å². The predicted molar refractivity (Wildman–Crippen MR) is 74.7 cm³/mol. The second kappa shape index (κ2) is 6.52. The summed E-state index contributed by atoms with van der Waals surface area (Å²) in [5, 5.41) is 11.4. The average molecular weight is 267 g/mol. The van der Waals surface area contributed by atoms with Crippen LogP contribution in [0.1, 0.15) is 31.9 Å². The van der Waals surface area contributed by atoms with Crippen molar-refractivity contribution < 1.29 is 9.60 Å². The van der Waals surface area contributed by atoms with Crippen molar-refractivity contribution >= 4 is 5.84 Å². The van der Waals surface area contributed by atoms with Crippen molar-refractivity contribution in [3.63, 3.8) is 0 Å². The van der Waals surface area contributed by atoms with Crippen LogP contribution in [-0.4, -0.2) is 29.0 Å². The van der Waals surface area contributed by atoms with E-state index in [4.69, 9.17) is 10.9 Å². The number of nitrogens with zero attached hydrogens (tertiary/aromatic N) is 2. The van der Waals surface area contributed by atoms with Gasteiger partial charge < -0.3 is 10.9 Å². The molecule has 1 aromatic carbocycles. The SMILES string of the molecule is CC(C)C(C)N(C)Cc1ccc(/C(N)=N/O)cc1F. The van der Waals surface area contributed by atoms with Crippen molar-refractivity contribution in [3.05, 3.63) is 35.1 Å². The number of rotatable bonds is 5. The molecule has 1 atom stereocenters. The molecule has 0 aliphatic rings. The number of nitrogens with two attached hydrogens (primary N) is 1. The molecule has 106 valence electrons. The maximum atomic E-state index is 14.0. The molecule has 0 aromatic heterocycles. The van der Waals surface area contributed by atoms with E-state index >= 15 is 0 Å². The molecular weight excluding hydrogens is 245 g/mol. The highest BCUT2D eigenvalue weighted by molar-refractivity contribution is 5.97. The van der Waals surface area contributed by atoms with Gasteiger partial charge in [0.1, 0.15) is 5.82 Å². The summed E-state index contributed by atoms with van der Waals surface area (Å²) < 4.78 is 14.0. The molecule has 4 nitrogen and oxygen atoms in total. The summed E-state index contributed by atoms with van der Waals surface area (Å²) in [5.74, 6) is 0.0748. The normalized spacial score (nSPS) is 14.2. The fourth-order valence-corrected chi connectivity index (χ4v) is 1.81. The van der Waals surface area contributed by atoms with Crippen LogP contribution < -0.4 is 5.73 Å². The zero-order valence-corrected chi connectivity index (χ0v) is 11.9. The molecule has 1 unspecified atom stereocenters. The van der Waals surface area contributed by atoms with Gasteiger partial charge in [0.25, 0.3) is 0 Å². The van der Waals surface area contributed by atoms with Crippen molar-refractivity contribution in [2.45, 2.75) is 33.4 Å². The van der Waals surface area contributed by atoms with E-state index in [1.54, 1.807) is 12.1 Å². The molecule has 0 aliphatic heterocycles. The minimum absolute atomic E-state index is 0.0886. The maximum Gasteiger partial charge on any atom is 0.170 e. The van der Waals surface area contributed by atoms with E-state index in [0.717, 1.165) is 0 Å². The highest BCUT2D eigenvalue weighted by atomic mass is 19.1. The van der Waals surface area contributed by atoms with Crippen LogP contribution in [0.5, 0.6) is 0 Å². The first-order chi connectivity index (χ1) is 8.86. The van der Waals surface area contributed by atoms with Gasteiger partial charge in [-0.15, -0.1) is 0 Å². The Bertz CT molecular complexity index is 460. The van der Waals surface area contributed by atoms with Crippen molar-refractivity contribution in [2.24, 2.45) is 16.8 Å². The smallest absolute Gasteiger partial charge is 0.170 e. The van der Waals surface area contributed by atoms with Gasteiger partial charge in [-0.25, -0.2) is 4.39 Å². The van der Waals surface area contributed by atoms with Gasteiger partial charge in [-0.1, -0.05) is 31.1 Å². The second-order valence-corrected chi connectivity index (χ2v) is 5.19. The number of oxime groups is 1. The molecule has 0 saturated carbocycles. The Balaban J connectivity index is 2.86. The molecule has 0 heterocycles. The number of hydrogen-bond donors (Lipinski definition) is 2. The van der Waals surface area contributed by atoms with Crippen LogP contribution in [0.3, 0.4) is 0 Å². The Morgan fingerprint density at radius 2 is 2.05 bits per heavy atom.